The highest BCUT2D eigenvalue weighted by molar-refractivity contribution is 7.99. The molecule has 3 aromatic rings. The van der Waals surface area contributed by atoms with Gasteiger partial charge in [0, 0.05) is 31.5 Å². The van der Waals surface area contributed by atoms with Gasteiger partial charge in [-0.25, -0.2) is 0 Å². The van der Waals surface area contributed by atoms with Gasteiger partial charge in [0.2, 0.25) is 5.91 Å². The fourth-order valence-electron chi connectivity index (χ4n) is 4.38. The van der Waals surface area contributed by atoms with E-state index in [2.05, 4.69) is 20.4 Å². The molecular formula is C25H28N6O4S. The summed E-state index contributed by atoms with van der Waals surface area (Å²) < 4.78 is 12.8. The van der Waals surface area contributed by atoms with E-state index in [0.717, 1.165) is 37.7 Å². The summed E-state index contributed by atoms with van der Waals surface area (Å²) in [6.07, 6.45) is 0. The molecule has 1 unspecified atom stereocenters. The predicted octanol–water partition coefficient (Wildman–Crippen LogP) is 2.87. The van der Waals surface area contributed by atoms with Crippen molar-refractivity contribution in [1.29, 1.82) is 0 Å². The summed E-state index contributed by atoms with van der Waals surface area (Å²) in [7, 11) is 1.84. The largest absolute Gasteiger partial charge is 0.482 e. The van der Waals surface area contributed by atoms with Crippen molar-refractivity contribution in [3.8, 4) is 5.75 Å². The van der Waals surface area contributed by atoms with E-state index in [4.69, 9.17) is 9.47 Å². The van der Waals surface area contributed by atoms with Gasteiger partial charge in [-0.2, -0.15) is 0 Å². The highest BCUT2D eigenvalue weighted by Gasteiger charge is 2.32. The minimum Gasteiger partial charge on any atom is -0.482 e. The van der Waals surface area contributed by atoms with Crippen molar-refractivity contribution in [1.82, 2.24) is 14.8 Å². The number of benzene rings is 2. The second kappa shape index (κ2) is 10.6. The van der Waals surface area contributed by atoms with Crippen molar-refractivity contribution < 1.29 is 19.1 Å². The minimum absolute atomic E-state index is 0.0194. The molecule has 3 heterocycles. The molecule has 0 radical (unpaired) electrons. The lowest BCUT2D eigenvalue weighted by Crippen LogP contribution is -2.41. The number of para-hydroxylation sites is 2. The van der Waals surface area contributed by atoms with Crippen LogP contribution in [0, 0.1) is 0 Å². The Labute approximate surface area is 213 Å². The fraction of sp³-hybridized carbons (Fsp3) is 0.360. The Hall–Kier alpha value is -3.57. The van der Waals surface area contributed by atoms with Crippen LogP contribution in [0.25, 0.3) is 0 Å². The number of ether oxygens (including phenoxy) is 2. The van der Waals surface area contributed by atoms with Crippen LogP contribution >= 0.6 is 11.8 Å². The molecule has 1 aromatic heterocycles. The lowest BCUT2D eigenvalue weighted by atomic mass is 10.1. The zero-order chi connectivity index (χ0) is 25.1. The monoisotopic (exact) mass is 508 g/mol. The molecule has 1 saturated heterocycles. The summed E-state index contributed by atoms with van der Waals surface area (Å²) in [4.78, 5) is 29.2. The summed E-state index contributed by atoms with van der Waals surface area (Å²) in [5, 5.41) is 12.1. The molecule has 11 heteroatoms. The molecule has 10 nitrogen and oxygen atoms in total. The first kappa shape index (κ1) is 24.1. The average Bonchev–Trinajstić information content (AvgIpc) is 3.28. The maximum Gasteiger partial charge on any atom is 0.265 e. The van der Waals surface area contributed by atoms with Crippen LogP contribution in [0.15, 0.2) is 53.7 Å². The first-order valence-electron chi connectivity index (χ1n) is 11.8. The van der Waals surface area contributed by atoms with Gasteiger partial charge in [-0.05, 0) is 43.3 Å². The van der Waals surface area contributed by atoms with Crippen molar-refractivity contribution >= 4 is 40.6 Å². The number of rotatable bonds is 7. The molecule has 0 saturated carbocycles. The normalized spacial score (nSPS) is 16.3. The average molecular weight is 509 g/mol. The highest BCUT2D eigenvalue weighted by Crippen LogP contribution is 2.37. The number of carbonyl (C=O) groups is 2. The van der Waals surface area contributed by atoms with Gasteiger partial charge in [-0.1, -0.05) is 23.9 Å². The second-order valence-electron chi connectivity index (χ2n) is 8.58. The number of nitrogens with one attached hydrogen (secondary N) is 1. The Morgan fingerprint density at radius 2 is 1.86 bits per heavy atom. The molecule has 2 aliphatic heterocycles. The molecule has 0 aliphatic carbocycles. The van der Waals surface area contributed by atoms with E-state index in [1.54, 1.807) is 4.90 Å². The quantitative estimate of drug-likeness (QED) is 0.486. The summed E-state index contributed by atoms with van der Waals surface area (Å²) >= 11 is 1.30. The van der Waals surface area contributed by atoms with Crippen LogP contribution in [0.1, 0.15) is 18.8 Å². The summed E-state index contributed by atoms with van der Waals surface area (Å²) in [5.74, 6) is 1.20. The van der Waals surface area contributed by atoms with Gasteiger partial charge in [0.1, 0.15) is 5.75 Å². The molecule has 2 aromatic carbocycles. The van der Waals surface area contributed by atoms with E-state index in [0.29, 0.717) is 22.4 Å². The second-order valence-corrected chi connectivity index (χ2v) is 9.52. The number of thioether (sulfide) groups is 1. The van der Waals surface area contributed by atoms with Crippen molar-refractivity contribution in [2.75, 3.05) is 53.8 Å². The Balaban J connectivity index is 1.20. The number of carbonyl (C=O) groups excluding carboxylic acids is 2. The topological polar surface area (TPSA) is 102 Å². The van der Waals surface area contributed by atoms with Crippen LogP contribution < -0.4 is 19.9 Å². The Morgan fingerprint density at radius 3 is 2.64 bits per heavy atom. The van der Waals surface area contributed by atoms with Gasteiger partial charge >= 0.3 is 0 Å². The predicted molar refractivity (Wildman–Crippen MR) is 138 cm³/mol. The third kappa shape index (κ3) is 5.02. The number of hydrogen-bond donors (Lipinski definition) is 1. The fourth-order valence-corrected chi connectivity index (χ4v) is 5.10. The molecule has 2 aliphatic rings. The first-order chi connectivity index (χ1) is 17.5. The van der Waals surface area contributed by atoms with Crippen LogP contribution in [0.2, 0.25) is 0 Å². The van der Waals surface area contributed by atoms with Crippen LogP contribution in [-0.4, -0.2) is 65.2 Å². The van der Waals surface area contributed by atoms with E-state index in [-0.39, 0.29) is 30.2 Å². The zero-order valence-corrected chi connectivity index (χ0v) is 21.0. The minimum atomic E-state index is -0.354. The third-order valence-corrected chi connectivity index (χ3v) is 7.25. The maximum absolute atomic E-state index is 12.7. The van der Waals surface area contributed by atoms with E-state index in [1.165, 1.54) is 11.8 Å². The van der Waals surface area contributed by atoms with Crippen LogP contribution in [0.4, 0.5) is 17.1 Å². The van der Waals surface area contributed by atoms with Gasteiger partial charge in [-0.15, -0.1) is 10.2 Å². The van der Waals surface area contributed by atoms with E-state index < -0.39 is 0 Å². The first-order valence-corrected chi connectivity index (χ1v) is 12.8. The molecule has 1 fully saturated rings. The molecular weight excluding hydrogens is 480 g/mol. The SMILES string of the molecule is CC(c1nnc(SCC(=O)Nc2ccc(N3CCOCC3)cc2)n1C)N1C(=O)COc2ccccc21. The zero-order valence-electron chi connectivity index (χ0n) is 20.2. The standard InChI is InChI=1S/C25H28N6O4S/c1-17(31-20-5-3-4-6-21(20)35-15-23(31)33)24-27-28-25(29(24)2)36-16-22(32)26-18-7-9-19(10-8-18)30-11-13-34-14-12-30/h3-10,17H,11-16H2,1-2H3,(H,26,32). The number of hydrogen-bond acceptors (Lipinski definition) is 8. The smallest absolute Gasteiger partial charge is 0.265 e. The summed E-state index contributed by atoms with van der Waals surface area (Å²) in [6.45, 7) is 5.09. The highest BCUT2D eigenvalue weighted by atomic mass is 32.2. The number of morpholine rings is 1. The Morgan fingerprint density at radius 1 is 1.11 bits per heavy atom. The molecule has 2 amide bonds. The van der Waals surface area contributed by atoms with Gasteiger partial charge in [0.05, 0.1) is 30.7 Å². The molecule has 188 valence electrons. The number of anilines is 3. The Kier molecular flexibility index (Phi) is 7.10. The van der Waals surface area contributed by atoms with Crippen molar-refractivity contribution in [3.05, 3.63) is 54.4 Å². The van der Waals surface area contributed by atoms with Crippen molar-refractivity contribution in [3.63, 3.8) is 0 Å². The van der Waals surface area contributed by atoms with Gasteiger partial charge < -0.3 is 24.3 Å². The summed E-state index contributed by atoms with van der Waals surface area (Å²) in [5.41, 5.74) is 2.57. The molecule has 0 bridgehead atoms. The lowest BCUT2D eigenvalue weighted by molar-refractivity contribution is -0.121. The molecule has 0 spiro atoms. The Bertz CT molecular complexity index is 1240. The van der Waals surface area contributed by atoms with E-state index in [9.17, 15) is 9.59 Å². The number of aromatic nitrogens is 3. The van der Waals surface area contributed by atoms with Gasteiger partial charge in [0.15, 0.2) is 17.6 Å². The molecule has 5 rings (SSSR count). The number of amides is 2. The van der Waals surface area contributed by atoms with Crippen molar-refractivity contribution in [2.45, 2.75) is 18.1 Å². The maximum atomic E-state index is 12.7. The van der Waals surface area contributed by atoms with E-state index >= 15 is 0 Å². The van der Waals surface area contributed by atoms with Crippen LogP contribution in [-0.2, 0) is 21.4 Å². The molecule has 36 heavy (non-hydrogen) atoms. The third-order valence-electron chi connectivity index (χ3n) is 6.23. The molecule has 1 N–H and O–H groups in total. The lowest BCUT2D eigenvalue weighted by Gasteiger charge is -2.33. The number of nitrogens with zero attached hydrogens (tertiary/aromatic N) is 5. The van der Waals surface area contributed by atoms with Gasteiger partial charge in [-0.3, -0.25) is 14.5 Å². The van der Waals surface area contributed by atoms with E-state index in [1.807, 2.05) is 67.1 Å². The van der Waals surface area contributed by atoms with Crippen LogP contribution in [0.3, 0.4) is 0 Å². The molecule has 1 atom stereocenters. The van der Waals surface area contributed by atoms with Gasteiger partial charge in [0.25, 0.3) is 5.91 Å². The summed E-state index contributed by atoms with van der Waals surface area (Å²) in [6, 6.07) is 14.9. The van der Waals surface area contributed by atoms with Crippen molar-refractivity contribution in [2.24, 2.45) is 7.05 Å². The number of fused-ring (bicyclic) bond motifs is 1. The van der Waals surface area contributed by atoms with Crippen LogP contribution in [0.5, 0.6) is 5.75 Å².